The molecule has 0 spiro atoms. The molecular formula is C17H11ClFNO3S2. The Morgan fingerprint density at radius 1 is 1.32 bits per heavy atom. The Balaban J connectivity index is 1.92. The maximum absolute atomic E-state index is 13.3. The van der Waals surface area contributed by atoms with E-state index >= 15 is 0 Å². The lowest BCUT2D eigenvalue weighted by Gasteiger charge is -2.14. The maximum atomic E-state index is 13.3. The molecule has 3 rings (SSSR count). The minimum Gasteiger partial charge on any atom is -0.504 e. The number of carbonyl (C=O) groups excluding carboxylic acids is 1. The van der Waals surface area contributed by atoms with Crippen molar-refractivity contribution in [3.8, 4) is 11.5 Å². The van der Waals surface area contributed by atoms with Crippen molar-refractivity contribution in [2.75, 3.05) is 12.0 Å². The van der Waals surface area contributed by atoms with E-state index in [2.05, 4.69) is 0 Å². The molecule has 2 aromatic rings. The van der Waals surface area contributed by atoms with E-state index in [-0.39, 0.29) is 16.7 Å². The molecule has 128 valence electrons. The molecule has 1 saturated heterocycles. The van der Waals surface area contributed by atoms with Crippen molar-refractivity contribution in [3.63, 3.8) is 0 Å². The van der Waals surface area contributed by atoms with Crippen molar-refractivity contribution in [2.24, 2.45) is 0 Å². The van der Waals surface area contributed by atoms with E-state index in [1.807, 2.05) is 0 Å². The van der Waals surface area contributed by atoms with Crippen molar-refractivity contribution < 1.29 is 19.0 Å². The molecule has 0 unspecified atom stereocenters. The standard InChI is InChI=1S/C17H11ClFNO3S2/c1-23-14-5-2-9(6-13(14)21)7-15-16(22)20(17(24)25-15)10-3-4-12(19)11(18)8-10/h2-8,21H,1H3. The molecule has 1 N–H and O–H groups in total. The van der Waals surface area contributed by atoms with E-state index in [1.165, 1.54) is 36.3 Å². The Morgan fingerprint density at radius 3 is 2.72 bits per heavy atom. The van der Waals surface area contributed by atoms with Gasteiger partial charge in [-0.1, -0.05) is 41.6 Å². The van der Waals surface area contributed by atoms with E-state index in [1.54, 1.807) is 18.2 Å². The number of carbonyl (C=O) groups is 1. The quantitative estimate of drug-likeness (QED) is 0.608. The molecule has 1 aliphatic rings. The zero-order valence-electron chi connectivity index (χ0n) is 12.8. The number of thioether (sulfide) groups is 1. The molecule has 25 heavy (non-hydrogen) atoms. The molecule has 1 aliphatic heterocycles. The summed E-state index contributed by atoms with van der Waals surface area (Å²) in [5.41, 5.74) is 1.02. The van der Waals surface area contributed by atoms with Crippen molar-refractivity contribution in [1.82, 2.24) is 0 Å². The molecule has 0 saturated carbocycles. The second-order valence-electron chi connectivity index (χ2n) is 5.05. The Bertz CT molecular complexity index is 917. The number of methoxy groups -OCH3 is 1. The lowest BCUT2D eigenvalue weighted by molar-refractivity contribution is -0.113. The van der Waals surface area contributed by atoms with Gasteiger partial charge < -0.3 is 9.84 Å². The van der Waals surface area contributed by atoms with Crippen LogP contribution in [0, 0.1) is 5.82 Å². The first-order valence-corrected chi connectivity index (χ1v) is 8.61. The van der Waals surface area contributed by atoms with Crippen molar-refractivity contribution in [3.05, 3.63) is 57.7 Å². The number of hydrogen-bond acceptors (Lipinski definition) is 5. The zero-order valence-corrected chi connectivity index (χ0v) is 15.2. The molecular weight excluding hydrogens is 385 g/mol. The molecule has 0 aliphatic carbocycles. The number of benzene rings is 2. The van der Waals surface area contributed by atoms with Crippen LogP contribution in [0.5, 0.6) is 11.5 Å². The Labute approximate surface area is 157 Å². The second kappa shape index (κ2) is 7.03. The van der Waals surface area contributed by atoms with Crippen LogP contribution in [0.4, 0.5) is 10.1 Å². The molecule has 1 amide bonds. The fourth-order valence-electron chi connectivity index (χ4n) is 2.26. The fourth-order valence-corrected chi connectivity index (χ4v) is 3.74. The summed E-state index contributed by atoms with van der Waals surface area (Å²) in [6.45, 7) is 0. The van der Waals surface area contributed by atoms with Gasteiger partial charge in [-0.05, 0) is 42.0 Å². The SMILES string of the molecule is COc1ccc(C=C2SC(=S)N(c3ccc(F)c(Cl)c3)C2=O)cc1O. The van der Waals surface area contributed by atoms with Gasteiger partial charge in [0.15, 0.2) is 15.8 Å². The van der Waals surface area contributed by atoms with E-state index in [0.717, 1.165) is 11.8 Å². The molecule has 0 bridgehead atoms. The molecule has 1 heterocycles. The average molecular weight is 396 g/mol. The lowest BCUT2D eigenvalue weighted by atomic mass is 10.2. The minimum absolute atomic E-state index is 0.0305. The number of nitrogens with zero attached hydrogens (tertiary/aromatic N) is 1. The Kier molecular flexibility index (Phi) is 4.99. The lowest BCUT2D eigenvalue weighted by Crippen LogP contribution is -2.27. The van der Waals surface area contributed by atoms with Crippen LogP contribution in [0.3, 0.4) is 0 Å². The van der Waals surface area contributed by atoms with Gasteiger partial charge >= 0.3 is 0 Å². The normalized spacial score (nSPS) is 16.0. The van der Waals surface area contributed by atoms with Crippen LogP contribution in [0.25, 0.3) is 6.08 Å². The third-order valence-electron chi connectivity index (χ3n) is 3.46. The number of halogens is 2. The van der Waals surface area contributed by atoms with Gasteiger partial charge in [-0.3, -0.25) is 9.69 Å². The third-order valence-corrected chi connectivity index (χ3v) is 5.05. The number of rotatable bonds is 3. The van der Waals surface area contributed by atoms with Crippen LogP contribution in [-0.4, -0.2) is 22.4 Å². The summed E-state index contributed by atoms with van der Waals surface area (Å²) in [4.78, 5) is 14.3. The van der Waals surface area contributed by atoms with Gasteiger partial charge in [0.25, 0.3) is 5.91 Å². The topological polar surface area (TPSA) is 49.8 Å². The zero-order chi connectivity index (χ0) is 18.1. The largest absolute Gasteiger partial charge is 0.504 e. The molecule has 1 fully saturated rings. The summed E-state index contributed by atoms with van der Waals surface area (Å²) < 4.78 is 18.6. The predicted molar refractivity (Wildman–Crippen MR) is 102 cm³/mol. The van der Waals surface area contributed by atoms with Crippen LogP contribution < -0.4 is 9.64 Å². The van der Waals surface area contributed by atoms with Gasteiger partial charge in [-0.25, -0.2) is 4.39 Å². The maximum Gasteiger partial charge on any atom is 0.270 e. The number of thiocarbonyl (C=S) groups is 1. The summed E-state index contributed by atoms with van der Waals surface area (Å²) >= 11 is 12.2. The van der Waals surface area contributed by atoms with E-state index in [9.17, 15) is 14.3 Å². The smallest absolute Gasteiger partial charge is 0.270 e. The van der Waals surface area contributed by atoms with Gasteiger partial charge in [0.05, 0.1) is 22.7 Å². The van der Waals surface area contributed by atoms with Gasteiger partial charge in [0.1, 0.15) is 5.82 Å². The van der Waals surface area contributed by atoms with Crippen LogP contribution in [0.15, 0.2) is 41.3 Å². The Hall–Kier alpha value is -2.09. The molecule has 4 nitrogen and oxygen atoms in total. The number of amides is 1. The number of phenols is 1. The summed E-state index contributed by atoms with van der Waals surface area (Å²) in [5, 5.41) is 9.75. The van der Waals surface area contributed by atoms with E-state index in [0.29, 0.717) is 26.2 Å². The van der Waals surface area contributed by atoms with Crippen LogP contribution in [0.2, 0.25) is 5.02 Å². The highest BCUT2D eigenvalue weighted by Crippen LogP contribution is 2.37. The van der Waals surface area contributed by atoms with Crippen LogP contribution in [-0.2, 0) is 4.79 Å². The minimum atomic E-state index is -0.569. The summed E-state index contributed by atoms with van der Waals surface area (Å²) in [6, 6.07) is 8.76. The highest BCUT2D eigenvalue weighted by atomic mass is 35.5. The first-order chi connectivity index (χ1) is 11.9. The first-order valence-electron chi connectivity index (χ1n) is 7.00. The summed E-state index contributed by atoms with van der Waals surface area (Å²) in [6.07, 6.45) is 1.61. The number of aromatic hydroxyl groups is 1. The number of phenolic OH excluding ortho intramolecular Hbond substituents is 1. The Morgan fingerprint density at radius 2 is 2.08 bits per heavy atom. The summed E-state index contributed by atoms with van der Waals surface area (Å²) in [5.74, 6) is -0.601. The molecule has 0 atom stereocenters. The second-order valence-corrected chi connectivity index (χ2v) is 7.13. The molecule has 2 aromatic carbocycles. The van der Waals surface area contributed by atoms with E-state index in [4.69, 9.17) is 28.6 Å². The number of hydrogen-bond donors (Lipinski definition) is 1. The molecule has 0 radical (unpaired) electrons. The van der Waals surface area contributed by atoms with Gasteiger partial charge in [-0.15, -0.1) is 0 Å². The van der Waals surface area contributed by atoms with E-state index < -0.39 is 5.82 Å². The highest BCUT2D eigenvalue weighted by Gasteiger charge is 2.33. The molecule has 0 aromatic heterocycles. The predicted octanol–water partition coefficient (Wildman–Crippen LogP) is 4.60. The third kappa shape index (κ3) is 3.49. The molecule has 8 heteroatoms. The van der Waals surface area contributed by atoms with Crippen molar-refractivity contribution in [1.29, 1.82) is 0 Å². The average Bonchev–Trinajstić information content (AvgIpc) is 2.84. The van der Waals surface area contributed by atoms with Crippen molar-refractivity contribution in [2.45, 2.75) is 0 Å². The number of anilines is 1. The van der Waals surface area contributed by atoms with Crippen molar-refractivity contribution >= 4 is 57.6 Å². The monoisotopic (exact) mass is 395 g/mol. The van der Waals surface area contributed by atoms with Gasteiger partial charge in [-0.2, -0.15) is 0 Å². The van der Waals surface area contributed by atoms with Crippen LogP contribution in [0.1, 0.15) is 5.56 Å². The first kappa shape index (κ1) is 17.7. The van der Waals surface area contributed by atoms with Gasteiger partial charge in [0, 0.05) is 0 Å². The highest BCUT2D eigenvalue weighted by molar-refractivity contribution is 8.27. The fraction of sp³-hybridized carbons (Fsp3) is 0.0588. The van der Waals surface area contributed by atoms with Gasteiger partial charge in [0.2, 0.25) is 0 Å². The van der Waals surface area contributed by atoms with Crippen LogP contribution >= 0.6 is 35.6 Å². The summed E-state index contributed by atoms with van der Waals surface area (Å²) in [7, 11) is 1.45. The number of ether oxygens (including phenoxy) is 1.